The lowest BCUT2D eigenvalue weighted by Crippen LogP contribution is -2.23. The highest BCUT2D eigenvalue weighted by atomic mass is 32.1. The Labute approximate surface area is 195 Å². The molecule has 168 valence electrons. The molecule has 0 atom stereocenters. The van der Waals surface area contributed by atoms with Gasteiger partial charge in [0.25, 0.3) is 5.56 Å². The number of rotatable bonds is 8. The Balaban J connectivity index is 1.46. The fraction of sp³-hybridized carbons (Fsp3) is 0.269. The Morgan fingerprint density at radius 3 is 2.73 bits per heavy atom. The first-order valence-electron chi connectivity index (χ1n) is 11.3. The number of fused-ring (bicyclic) bond motifs is 2. The second kappa shape index (κ2) is 9.19. The van der Waals surface area contributed by atoms with Crippen molar-refractivity contribution in [3.63, 3.8) is 0 Å². The van der Waals surface area contributed by atoms with Crippen LogP contribution in [0, 0.1) is 6.92 Å². The van der Waals surface area contributed by atoms with E-state index in [2.05, 4.69) is 17.0 Å². The molecule has 33 heavy (non-hydrogen) atoms. The number of benzene rings is 2. The molecule has 0 aliphatic rings. The van der Waals surface area contributed by atoms with Gasteiger partial charge in [-0.2, -0.15) is 9.50 Å². The van der Waals surface area contributed by atoms with Gasteiger partial charge in [-0.25, -0.2) is 0 Å². The monoisotopic (exact) mass is 459 g/mol. The molecule has 0 saturated heterocycles. The summed E-state index contributed by atoms with van der Waals surface area (Å²) in [6.07, 6.45) is 6.46. The average Bonchev–Trinajstić information content (AvgIpc) is 3.48. The second-order valence-corrected chi connectivity index (χ2v) is 9.05. The summed E-state index contributed by atoms with van der Waals surface area (Å²) in [6, 6.07) is 15.6. The minimum Gasteiger partial charge on any atom is -0.493 e. The predicted molar refractivity (Wildman–Crippen MR) is 132 cm³/mol. The molecule has 0 aliphatic carbocycles. The summed E-state index contributed by atoms with van der Waals surface area (Å²) in [5, 5.41) is 5.48. The standard InChI is InChI=1S/C26H25N3O3S/c1-3-4-5-10-15-31-20-13-8-6-11-18(20)16-22-25(30)29-26(33-22)27-24(28-29)23-17(2)19-12-7-9-14-21(19)32-23/h6-9,11-14,16H,3-5,10,15H2,1-2H3/b22-16-. The molecule has 5 aromatic rings. The number of nitrogens with zero attached hydrogens (tertiary/aromatic N) is 3. The van der Waals surface area contributed by atoms with E-state index in [1.54, 1.807) is 0 Å². The maximum absolute atomic E-state index is 13.0. The first kappa shape index (κ1) is 21.4. The largest absolute Gasteiger partial charge is 0.493 e. The molecule has 0 radical (unpaired) electrons. The molecule has 0 aliphatic heterocycles. The van der Waals surface area contributed by atoms with Gasteiger partial charge in [0.15, 0.2) is 5.76 Å². The van der Waals surface area contributed by atoms with Gasteiger partial charge in [0, 0.05) is 16.5 Å². The van der Waals surface area contributed by atoms with E-state index in [9.17, 15) is 4.79 Å². The molecule has 7 heteroatoms. The van der Waals surface area contributed by atoms with Crippen molar-refractivity contribution in [2.75, 3.05) is 6.61 Å². The number of para-hydroxylation sites is 2. The van der Waals surface area contributed by atoms with Crippen LogP contribution >= 0.6 is 11.3 Å². The number of unbranched alkanes of at least 4 members (excludes halogenated alkanes) is 3. The van der Waals surface area contributed by atoms with E-state index in [-0.39, 0.29) is 5.56 Å². The minimum atomic E-state index is -0.194. The van der Waals surface area contributed by atoms with Crippen molar-refractivity contribution in [3.05, 3.63) is 74.5 Å². The minimum absolute atomic E-state index is 0.194. The fourth-order valence-electron chi connectivity index (χ4n) is 3.90. The van der Waals surface area contributed by atoms with Crippen molar-refractivity contribution in [3.8, 4) is 17.3 Å². The second-order valence-electron chi connectivity index (χ2n) is 8.04. The van der Waals surface area contributed by atoms with E-state index in [1.165, 1.54) is 28.7 Å². The summed E-state index contributed by atoms with van der Waals surface area (Å²) in [4.78, 5) is 18.2. The van der Waals surface area contributed by atoms with Gasteiger partial charge in [-0.15, -0.1) is 5.10 Å². The molecule has 6 nitrogen and oxygen atoms in total. The zero-order chi connectivity index (χ0) is 22.8. The number of aromatic nitrogens is 3. The van der Waals surface area contributed by atoms with Gasteiger partial charge >= 0.3 is 0 Å². The Morgan fingerprint density at radius 1 is 1.09 bits per heavy atom. The van der Waals surface area contributed by atoms with Crippen molar-refractivity contribution in [1.82, 2.24) is 14.6 Å². The van der Waals surface area contributed by atoms with E-state index >= 15 is 0 Å². The summed E-state index contributed by atoms with van der Waals surface area (Å²) in [6.45, 7) is 4.84. The highest BCUT2D eigenvalue weighted by molar-refractivity contribution is 7.15. The Bertz CT molecular complexity index is 1530. The first-order valence-corrected chi connectivity index (χ1v) is 12.1. The first-order chi connectivity index (χ1) is 16.2. The number of hydrogen-bond acceptors (Lipinski definition) is 6. The molecular formula is C26H25N3O3S. The van der Waals surface area contributed by atoms with Crippen LogP contribution in [0.15, 0.2) is 57.7 Å². The lowest BCUT2D eigenvalue weighted by atomic mass is 10.1. The highest BCUT2D eigenvalue weighted by Gasteiger charge is 2.19. The average molecular weight is 460 g/mol. The van der Waals surface area contributed by atoms with Crippen LogP contribution in [-0.4, -0.2) is 21.2 Å². The quantitative estimate of drug-likeness (QED) is 0.291. The van der Waals surface area contributed by atoms with Crippen LogP contribution in [0.25, 0.3) is 33.6 Å². The number of thiazole rings is 1. The van der Waals surface area contributed by atoms with Crippen molar-refractivity contribution in [1.29, 1.82) is 0 Å². The smallest absolute Gasteiger partial charge is 0.291 e. The van der Waals surface area contributed by atoms with E-state index in [0.29, 0.717) is 27.7 Å². The van der Waals surface area contributed by atoms with Crippen molar-refractivity contribution < 1.29 is 9.15 Å². The zero-order valence-electron chi connectivity index (χ0n) is 18.7. The van der Waals surface area contributed by atoms with Gasteiger partial charge in [0.05, 0.1) is 11.1 Å². The lowest BCUT2D eigenvalue weighted by Gasteiger charge is -2.08. The molecule has 0 bridgehead atoms. The number of ether oxygens (including phenoxy) is 1. The third kappa shape index (κ3) is 4.16. The van der Waals surface area contributed by atoms with Gasteiger partial charge in [0.1, 0.15) is 11.3 Å². The zero-order valence-corrected chi connectivity index (χ0v) is 19.5. The fourth-order valence-corrected chi connectivity index (χ4v) is 4.80. The summed E-state index contributed by atoms with van der Waals surface area (Å²) in [5.41, 5.74) is 2.43. The Kier molecular flexibility index (Phi) is 5.96. The molecule has 3 heterocycles. The summed E-state index contributed by atoms with van der Waals surface area (Å²) in [5.74, 6) is 1.80. The predicted octanol–water partition coefficient (Wildman–Crippen LogP) is 5.38. The van der Waals surface area contributed by atoms with Crippen molar-refractivity contribution >= 4 is 33.3 Å². The molecular weight excluding hydrogens is 434 g/mol. The summed E-state index contributed by atoms with van der Waals surface area (Å²) >= 11 is 1.31. The molecule has 0 fully saturated rings. The maximum Gasteiger partial charge on any atom is 0.291 e. The van der Waals surface area contributed by atoms with Crippen molar-refractivity contribution in [2.45, 2.75) is 39.5 Å². The van der Waals surface area contributed by atoms with Crippen LogP contribution in [0.5, 0.6) is 5.75 Å². The van der Waals surface area contributed by atoms with Crippen LogP contribution in [0.1, 0.15) is 43.7 Å². The van der Waals surface area contributed by atoms with Gasteiger partial charge in [-0.05, 0) is 31.6 Å². The SMILES string of the molecule is CCCCCCOc1ccccc1/C=c1\sc2nc(-c3oc4ccccc4c3C)nn2c1=O. The maximum atomic E-state index is 13.0. The highest BCUT2D eigenvalue weighted by Crippen LogP contribution is 2.31. The third-order valence-electron chi connectivity index (χ3n) is 5.69. The van der Waals surface area contributed by atoms with E-state index < -0.39 is 0 Å². The lowest BCUT2D eigenvalue weighted by molar-refractivity contribution is 0.304. The Morgan fingerprint density at radius 2 is 1.91 bits per heavy atom. The molecule has 0 N–H and O–H groups in total. The van der Waals surface area contributed by atoms with Crippen LogP contribution < -0.4 is 14.8 Å². The summed E-state index contributed by atoms with van der Waals surface area (Å²) < 4.78 is 13.9. The molecule has 0 saturated carbocycles. The molecule has 3 aromatic heterocycles. The van der Waals surface area contributed by atoms with E-state index in [1.807, 2.05) is 61.5 Å². The number of aryl methyl sites for hydroxylation is 1. The molecule has 2 aromatic carbocycles. The third-order valence-corrected chi connectivity index (χ3v) is 6.65. The number of furan rings is 1. The van der Waals surface area contributed by atoms with Crippen molar-refractivity contribution in [2.24, 2.45) is 0 Å². The molecule has 0 spiro atoms. The Hall–Kier alpha value is -3.45. The van der Waals surface area contributed by atoms with Crippen LogP contribution in [0.2, 0.25) is 0 Å². The van der Waals surface area contributed by atoms with Crippen LogP contribution in [0.3, 0.4) is 0 Å². The number of hydrogen-bond donors (Lipinski definition) is 0. The molecule has 0 unspecified atom stereocenters. The van der Waals surface area contributed by atoms with Crippen LogP contribution in [0.4, 0.5) is 0 Å². The van der Waals surface area contributed by atoms with Gasteiger partial charge in [-0.3, -0.25) is 4.79 Å². The molecule has 0 amide bonds. The van der Waals surface area contributed by atoms with E-state index in [4.69, 9.17) is 9.15 Å². The van der Waals surface area contributed by atoms with Gasteiger partial charge < -0.3 is 9.15 Å². The van der Waals surface area contributed by atoms with E-state index in [0.717, 1.165) is 40.7 Å². The molecule has 5 rings (SSSR count). The van der Waals surface area contributed by atoms with Gasteiger partial charge in [0.2, 0.25) is 10.8 Å². The normalized spacial score (nSPS) is 12.2. The topological polar surface area (TPSA) is 69.6 Å². The van der Waals surface area contributed by atoms with Gasteiger partial charge in [-0.1, -0.05) is 73.9 Å². The van der Waals surface area contributed by atoms with Crippen LogP contribution in [-0.2, 0) is 0 Å². The summed E-state index contributed by atoms with van der Waals surface area (Å²) in [7, 11) is 0.